The first-order valence-corrected chi connectivity index (χ1v) is 8.86. The highest BCUT2D eigenvalue weighted by Gasteiger charge is 2.20. The second kappa shape index (κ2) is 6.45. The summed E-state index contributed by atoms with van der Waals surface area (Å²) in [5, 5.41) is 1.16. The summed E-state index contributed by atoms with van der Waals surface area (Å²) in [4.78, 5) is 13.9. The molecule has 0 spiro atoms. The number of hydrogen-bond acceptors (Lipinski definition) is 4. The molecule has 0 unspecified atom stereocenters. The smallest absolute Gasteiger partial charge is 0.301 e. The Labute approximate surface area is 147 Å². The van der Waals surface area contributed by atoms with Gasteiger partial charge in [0, 0.05) is 10.4 Å². The van der Waals surface area contributed by atoms with E-state index in [2.05, 4.69) is 5.43 Å². The minimum absolute atomic E-state index is 0.0395. The summed E-state index contributed by atoms with van der Waals surface area (Å²) in [6, 6.07) is 12.2. The van der Waals surface area contributed by atoms with Gasteiger partial charge in [0.05, 0.1) is 5.02 Å². The van der Waals surface area contributed by atoms with Crippen LogP contribution in [-0.4, -0.2) is 14.3 Å². The summed E-state index contributed by atoms with van der Waals surface area (Å²) in [6.45, 7) is 0. The zero-order valence-electron chi connectivity index (χ0n) is 11.9. The maximum atomic E-state index is 12.1. The van der Waals surface area contributed by atoms with E-state index >= 15 is 0 Å². The summed E-state index contributed by atoms with van der Waals surface area (Å²) >= 11 is 11.7. The molecule has 0 fully saturated rings. The van der Waals surface area contributed by atoms with E-state index in [0.29, 0.717) is 16.0 Å². The molecule has 1 heterocycles. The Morgan fingerprint density at radius 3 is 2.54 bits per heavy atom. The number of hydrogen-bond donors (Lipinski definition) is 2. The SMILES string of the molecule is O=C(NNS(=O)(=O)c1ccccc1Cl)c1cc2cc(Cl)ccc2o1. The van der Waals surface area contributed by atoms with Crippen molar-refractivity contribution in [1.82, 2.24) is 10.3 Å². The molecule has 0 saturated carbocycles. The lowest BCUT2D eigenvalue weighted by molar-refractivity contribution is 0.0919. The number of nitrogens with one attached hydrogen (secondary N) is 2. The highest BCUT2D eigenvalue weighted by Crippen LogP contribution is 2.23. The van der Waals surface area contributed by atoms with Crippen LogP contribution in [0.2, 0.25) is 10.0 Å². The third-order valence-electron chi connectivity index (χ3n) is 3.13. The second-order valence-corrected chi connectivity index (χ2v) is 7.28. The number of fused-ring (bicyclic) bond motifs is 1. The Morgan fingerprint density at radius 2 is 1.79 bits per heavy atom. The molecule has 9 heteroatoms. The molecule has 6 nitrogen and oxygen atoms in total. The minimum atomic E-state index is -4.01. The number of sulfonamides is 1. The van der Waals surface area contributed by atoms with Crippen molar-refractivity contribution in [3.05, 3.63) is 64.3 Å². The van der Waals surface area contributed by atoms with Gasteiger partial charge in [0.25, 0.3) is 10.0 Å². The Hall–Kier alpha value is -2.06. The zero-order valence-corrected chi connectivity index (χ0v) is 14.2. The predicted octanol–water partition coefficient (Wildman–Crippen LogP) is 3.36. The predicted molar refractivity (Wildman–Crippen MR) is 90.5 cm³/mol. The van der Waals surface area contributed by atoms with Crippen LogP contribution in [0, 0.1) is 0 Å². The van der Waals surface area contributed by atoms with Crippen molar-refractivity contribution in [2.45, 2.75) is 4.90 Å². The van der Waals surface area contributed by atoms with Gasteiger partial charge >= 0.3 is 5.91 Å². The first-order valence-electron chi connectivity index (χ1n) is 6.62. The Balaban J connectivity index is 1.78. The van der Waals surface area contributed by atoms with Crippen molar-refractivity contribution in [2.24, 2.45) is 0 Å². The van der Waals surface area contributed by atoms with Gasteiger partial charge in [-0.1, -0.05) is 35.3 Å². The maximum absolute atomic E-state index is 12.1. The average molecular weight is 385 g/mol. The van der Waals surface area contributed by atoms with Gasteiger partial charge in [0.1, 0.15) is 10.5 Å². The topological polar surface area (TPSA) is 88.4 Å². The molecule has 0 aliphatic heterocycles. The molecule has 3 rings (SSSR count). The van der Waals surface area contributed by atoms with Crippen molar-refractivity contribution >= 4 is 50.1 Å². The van der Waals surface area contributed by atoms with Gasteiger partial charge in [-0.25, -0.2) is 8.42 Å². The van der Waals surface area contributed by atoms with E-state index < -0.39 is 15.9 Å². The van der Waals surface area contributed by atoms with Gasteiger partial charge < -0.3 is 4.42 Å². The molecule has 2 aromatic carbocycles. The number of amides is 1. The van der Waals surface area contributed by atoms with E-state index in [1.54, 1.807) is 24.3 Å². The normalized spacial score (nSPS) is 11.6. The van der Waals surface area contributed by atoms with Crippen LogP contribution < -0.4 is 10.3 Å². The van der Waals surface area contributed by atoms with Gasteiger partial charge in [0.2, 0.25) is 0 Å². The average Bonchev–Trinajstić information content (AvgIpc) is 2.96. The molecular formula is C15H10Cl2N2O4S. The fourth-order valence-electron chi connectivity index (χ4n) is 2.02. The lowest BCUT2D eigenvalue weighted by Crippen LogP contribution is -2.41. The molecule has 0 aliphatic rings. The Kier molecular flexibility index (Phi) is 4.51. The monoisotopic (exact) mass is 384 g/mol. The van der Waals surface area contributed by atoms with Crippen molar-refractivity contribution in [3.8, 4) is 0 Å². The van der Waals surface area contributed by atoms with E-state index in [1.165, 1.54) is 24.3 Å². The van der Waals surface area contributed by atoms with E-state index in [4.69, 9.17) is 27.6 Å². The van der Waals surface area contributed by atoms with Gasteiger partial charge in [-0.05, 0) is 36.4 Å². The molecule has 2 N–H and O–H groups in total. The highest BCUT2D eigenvalue weighted by atomic mass is 35.5. The quantitative estimate of drug-likeness (QED) is 0.674. The van der Waals surface area contributed by atoms with Crippen LogP contribution in [0.5, 0.6) is 0 Å². The van der Waals surface area contributed by atoms with Gasteiger partial charge in [-0.2, -0.15) is 0 Å². The number of carbonyl (C=O) groups is 1. The molecule has 1 aromatic heterocycles. The van der Waals surface area contributed by atoms with Crippen molar-refractivity contribution in [1.29, 1.82) is 0 Å². The van der Waals surface area contributed by atoms with E-state index in [1.807, 2.05) is 4.83 Å². The highest BCUT2D eigenvalue weighted by molar-refractivity contribution is 7.89. The third-order valence-corrected chi connectivity index (χ3v) is 5.11. The first-order chi connectivity index (χ1) is 11.4. The van der Waals surface area contributed by atoms with Crippen LogP contribution >= 0.6 is 23.2 Å². The van der Waals surface area contributed by atoms with Crippen molar-refractivity contribution < 1.29 is 17.6 Å². The molecule has 24 heavy (non-hydrogen) atoms. The van der Waals surface area contributed by atoms with Crippen molar-refractivity contribution in [3.63, 3.8) is 0 Å². The zero-order chi connectivity index (χ0) is 17.3. The van der Waals surface area contributed by atoms with E-state index in [-0.39, 0.29) is 15.7 Å². The molecule has 0 aliphatic carbocycles. The lowest BCUT2D eigenvalue weighted by atomic mass is 10.2. The van der Waals surface area contributed by atoms with Gasteiger partial charge in [0.15, 0.2) is 5.76 Å². The molecule has 0 atom stereocenters. The Morgan fingerprint density at radius 1 is 1.04 bits per heavy atom. The standard InChI is InChI=1S/C15H10Cl2N2O4S/c16-10-5-6-12-9(7-10)8-13(23-12)15(20)18-19-24(21,22)14-4-2-1-3-11(14)17/h1-8,19H,(H,18,20). The summed E-state index contributed by atoms with van der Waals surface area (Å²) in [5.41, 5.74) is 2.54. The number of carbonyl (C=O) groups excluding carboxylic acids is 1. The molecule has 0 radical (unpaired) electrons. The van der Waals surface area contributed by atoms with Crippen LogP contribution in [0.3, 0.4) is 0 Å². The van der Waals surface area contributed by atoms with Crippen LogP contribution in [0.1, 0.15) is 10.6 Å². The third kappa shape index (κ3) is 3.39. The summed E-state index contributed by atoms with van der Waals surface area (Å²) < 4.78 is 29.6. The fraction of sp³-hybridized carbons (Fsp3) is 0. The van der Waals surface area contributed by atoms with E-state index in [0.717, 1.165) is 0 Å². The summed E-state index contributed by atoms with van der Waals surface area (Å²) in [5.74, 6) is -0.813. The summed E-state index contributed by atoms with van der Waals surface area (Å²) in [6.07, 6.45) is 0. The van der Waals surface area contributed by atoms with Crippen molar-refractivity contribution in [2.75, 3.05) is 0 Å². The maximum Gasteiger partial charge on any atom is 0.301 e. The summed E-state index contributed by atoms with van der Waals surface area (Å²) in [7, 11) is -4.01. The molecule has 1 amide bonds. The number of halogens is 2. The van der Waals surface area contributed by atoms with E-state index in [9.17, 15) is 13.2 Å². The van der Waals surface area contributed by atoms with Crippen LogP contribution in [0.15, 0.2) is 57.8 Å². The largest absolute Gasteiger partial charge is 0.451 e. The number of rotatable bonds is 4. The second-order valence-electron chi connectivity index (χ2n) is 4.78. The Bertz CT molecular complexity index is 1030. The molecule has 0 saturated heterocycles. The lowest BCUT2D eigenvalue weighted by Gasteiger charge is -2.08. The number of hydrazine groups is 1. The van der Waals surface area contributed by atoms with Crippen LogP contribution in [0.25, 0.3) is 11.0 Å². The minimum Gasteiger partial charge on any atom is -0.451 e. The van der Waals surface area contributed by atoms with Gasteiger partial charge in [-0.3, -0.25) is 10.2 Å². The number of benzene rings is 2. The fourth-order valence-corrected chi connectivity index (χ4v) is 3.56. The molecular weight excluding hydrogens is 375 g/mol. The number of furan rings is 1. The van der Waals surface area contributed by atoms with Crippen LogP contribution in [-0.2, 0) is 10.0 Å². The molecule has 0 bridgehead atoms. The molecule has 3 aromatic rings. The van der Waals surface area contributed by atoms with Crippen LogP contribution in [0.4, 0.5) is 0 Å². The first kappa shape index (κ1) is 16.8. The molecule has 124 valence electrons. The van der Waals surface area contributed by atoms with Gasteiger partial charge in [-0.15, -0.1) is 4.83 Å².